The quantitative estimate of drug-likeness (QED) is 0.313. The maximum absolute atomic E-state index is 6.06. The van der Waals surface area contributed by atoms with Crippen LogP contribution in [0.5, 0.6) is 0 Å². The molecule has 0 N–H and O–H groups in total. The van der Waals surface area contributed by atoms with E-state index in [2.05, 4.69) is 39.8 Å². The molecule has 2 rings (SSSR count). The summed E-state index contributed by atoms with van der Waals surface area (Å²) in [4.78, 5) is 0. The molecular weight excluding hydrogens is 332 g/mol. The molecule has 2 aromatic heterocycles. The Labute approximate surface area is 166 Å². The number of unbranched alkanes of at least 4 members (excludes halogenated alkanes) is 8. The number of rotatable bonds is 14. The normalized spacial score (nSPS) is 11.4. The molecule has 0 aliphatic heterocycles. The van der Waals surface area contributed by atoms with Gasteiger partial charge in [0.25, 0.3) is 0 Å². The van der Waals surface area contributed by atoms with Gasteiger partial charge in [-0.3, -0.25) is 0 Å². The lowest BCUT2D eigenvalue weighted by atomic mass is 10.0. The van der Waals surface area contributed by atoms with Crippen LogP contribution in [0.4, 0.5) is 0 Å². The highest BCUT2D eigenvalue weighted by molar-refractivity contribution is 5.29. The van der Waals surface area contributed by atoms with Gasteiger partial charge in [0.1, 0.15) is 23.0 Å². The maximum atomic E-state index is 6.06. The molecule has 0 unspecified atom stereocenters. The molecule has 0 fully saturated rings. The van der Waals surface area contributed by atoms with E-state index in [1.807, 2.05) is 0 Å². The van der Waals surface area contributed by atoms with E-state index in [0.717, 1.165) is 42.3 Å². The Kier molecular flexibility index (Phi) is 9.80. The Balaban J connectivity index is 1.94. The summed E-state index contributed by atoms with van der Waals surface area (Å²) in [6.07, 6.45) is 16.2. The van der Waals surface area contributed by atoms with Crippen molar-refractivity contribution in [1.29, 1.82) is 0 Å². The summed E-state index contributed by atoms with van der Waals surface area (Å²) in [5.74, 6) is 4.28. The fraction of sp³-hybridized carbons (Fsp3) is 0.680. The lowest BCUT2D eigenvalue weighted by molar-refractivity contribution is 0.444. The third-order valence-electron chi connectivity index (χ3n) is 5.46. The summed E-state index contributed by atoms with van der Waals surface area (Å²) in [6.45, 7) is 8.66. The standard InChI is InChI=1S/C25H40O2/c1-5-7-9-11-13-15-22-17-20(3)26-24(22)19-25-23(18-21(4)27-25)16-14-12-10-8-6-2/h17-18H,5-16,19H2,1-4H3. The van der Waals surface area contributed by atoms with Gasteiger partial charge >= 0.3 is 0 Å². The molecule has 2 nitrogen and oxygen atoms in total. The molecule has 0 atom stereocenters. The first-order valence-electron chi connectivity index (χ1n) is 11.3. The summed E-state index contributed by atoms with van der Waals surface area (Å²) in [7, 11) is 0. The molecule has 0 amide bonds. The highest BCUT2D eigenvalue weighted by Crippen LogP contribution is 2.26. The zero-order valence-electron chi connectivity index (χ0n) is 18.2. The molecule has 0 bridgehead atoms. The summed E-state index contributed by atoms with van der Waals surface area (Å²) in [5, 5.41) is 0. The van der Waals surface area contributed by atoms with E-state index in [9.17, 15) is 0 Å². The van der Waals surface area contributed by atoms with Gasteiger partial charge in [0.15, 0.2) is 0 Å². The fourth-order valence-corrected chi connectivity index (χ4v) is 3.94. The average molecular weight is 373 g/mol. The number of hydrogen-bond acceptors (Lipinski definition) is 2. The number of hydrogen-bond donors (Lipinski definition) is 0. The van der Waals surface area contributed by atoms with Crippen molar-refractivity contribution in [2.75, 3.05) is 0 Å². The van der Waals surface area contributed by atoms with E-state index < -0.39 is 0 Å². The van der Waals surface area contributed by atoms with Gasteiger partial charge in [0.05, 0.1) is 6.42 Å². The number of furan rings is 2. The first kappa shape index (κ1) is 21.9. The van der Waals surface area contributed by atoms with Crippen molar-refractivity contribution in [2.24, 2.45) is 0 Å². The largest absolute Gasteiger partial charge is 0.466 e. The third kappa shape index (κ3) is 7.60. The van der Waals surface area contributed by atoms with Crippen LogP contribution in [0.1, 0.15) is 112 Å². The van der Waals surface area contributed by atoms with Gasteiger partial charge in [-0.25, -0.2) is 0 Å². The lowest BCUT2D eigenvalue weighted by Crippen LogP contribution is -1.95. The minimum atomic E-state index is 0.802. The molecule has 2 heterocycles. The third-order valence-corrected chi connectivity index (χ3v) is 5.46. The summed E-state index contributed by atoms with van der Waals surface area (Å²) >= 11 is 0. The monoisotopic (exact) mass is 372 g/mol. The highest BCUT2D eigenvalue weighted by Gasteiger charge is 2.15. The van der Waals surface area contributed by atoms with Gasteiger partial charge in [0, 0.05) is 0 Å². The van der Waals surface area contributed by atoms with Crippen LogP contribution in [0.25, 0.3) is 0 Å². The van der Waals surface area contributed by atoms with Gasteiger partial charge in [0.2, 0.25) is 0 Å². The predicted octanol–water partition coefficient (Wildman–Crippen LogP) is 8.11. The van der Waals surface area contributed by atoms with Gasteiger partial charge in [-0.15, -0.1) is 0 Å². The second-order valence-corrected chi connectivity index (χ2v) is 8.12. The van der Waals surface area contributed by atoms with Crippen molar-refractivity contribution < 1.29 is 8.83 Å². The number of aryl methyl sites for hydroxylation is 4. The molecule has 0 aliphatic carbocycles. The van der Waals surface area contributed by atoms with Crippen LogP contribution in [0, 0.1) is 13.8 Å². The highest BCUT2D eigenvalue weighted by atomic mass is 16.4. The van der Waals surface area contributed by atoms with Crippen LogP contribution in [0.3, 0.4) is 0 Å². The van der Waals surface area contributed by atoms with Gasteiger partial charge in [-0.2, -0.15) is 0 Å². The molecule has 0 saturated heterocycles. The van der Waals surface area contributed by atoms with Crippen molar-refractivity contribution in [3.05, 3.63) is 46.3 Å². The van der Waals surface area contributed by atoms with E-state index in [1.54, 1.807) is 0 Å². The molecule has 0 spiro atoms. The molecular formula is C25H40O2. The van der Waals surface area contributed by atoms with Gasteiger partial charge < -0.3 is 8.83 Å². The van der Waals surface area contributed by atoms with E-state index in [1.165, 1.54) is 75.3 Å². The molecule has 0 aliphatic rings. The first-order chi connectivity index (χ1) is 13.1. The van der Waals surface area contributed by atoms with Crippen LogP contribution in [0.15, 0.2) is 21.0 Å². The lowest BCUT2D eigenvalue weighted by Gasteiger charge is -2.05. The molecule has 0 radical (unpaired) electrons. The Hall–Kier alpha value is -1.44. The fourth-order valence-electron chi connectivity index (χ4n) is 3.94. The maximum Gasteiger partial charge on any atom is 0.114 e. The SMILES string of the molecule is CCCCCCCc1cc(C)oc1Cc1oc(C)cc1CCCCCCC. The molecule has 2 heteroatoms. The Morgan fingerprint density at radius 3 is 1.41 bits per heavy atom. The summed E-state index contributed by atoms with van der Waals surface area (Å²) < 4.78 is 12.1. The molecule has 152 valence electrons. The Morgan fingerprint density at radius 2 is 1.00 bits per heavy atom. The van der Waals surface area contributed by atoms with Crippen molar-refractivity contribution in [3.8, 4) is 0 Å². The van der Waals surface area contributed by atoms with Crippen molar-refractivity contribution in [1.82, 2.24) is 0 Å². The second kappa shape index (κ2) is 12.1. The Bertz CT molecular complexity index is 591. The van der Waals surface area contributed by atoms with Gasteiger partial charge in [-0.05, 0) is 62.8 Å². The van der Waals surface area contributed by atoms with Crippen molar-refractivity contribution >= 4 is 0 Å². The minimum Gasteiger partial charge on any atom is -0.466 e. The minimum absolute atomic E-state index is 0.802. The smallest absolute Gasteiger partial charge is 0.114 e. The van der Waals surface area contributed by atoms with Crippen LogP contribution in [-0.2, 0) is 19.3 Å². The van der Waals surface area contributed by atoms with E-state index in [4.69, 9.17) is 8.83 Å². The zero-order chi connectivity index (χ0) is 19.5. The van der Waals surface area contributed by atoms with Crippen LogP contribution >= 0.6 is 0 Å². The van der Waals surface area contributed by atoms with Crippen LogP contribution < -0.4 is 0 Å². The first-order valence-corrected chi connectivity index (χ1v) is 11.3. The van der Waals surface area contributed by atoms with E-state index in [-0.39, 0.29) is 0 Å². The van der Waals surface area contributed by atoms with Gasteiger partial charge in [-0.1, -0.05) is 65.2 Å². The Morgan fingerprint density at radius 1 is 0.593 bits per heavy atom. The van der Waals surface area contributed by atoms with E-state index >= 15 is 0 Å². The van der Waals surface area contributed by atoms with Crippen molar-refractivity contribution in [2.45, 2.75) is 111 Å². The average Bonchev–Trinajstić information content (AvgIpc) is 3.16. The van der Waals surface area contributed by atoms with Crippen LogP contribution in [-0.4, -0.2) is 0 Å². The topological polar surface area (TPSA) is 26.3 Å². The van der Waals surface area contributed by atoms with E-state index in [0.29, 0.717) is 0 Å². The molecule has 0 saturated carbocycles. The molecule has 0 aromatic carbocycles. The molecule has 2 aromatic rings. The van der Waals surface area contributed by atoms with Crippen LogP contribution in [0.2, 0.25) is 0 Å². The second-order valence-electron chi connectivity index (χ2n) is 8.12. The predicted molar refractivity (Wildman–Crippen MR) is 115 cm³/mol. The molecule has 27 heavy (non-hydrogen) atoms. The zero-order valence-corrected chi connectivity index (χ0v) is 18.2. The van der Waals surface area contributed by atoms with Crippen molar-refractivity contribution in [3.63, 3.8) is 0 Å². The summed E-state index contributed by atoms with van der Waals surface area (Å²) in [5.41, 5.74) is 2.76. The summed E-state index contributed by atoms with van der Waals surface area (Å²) in [6, 6.07) is 4.46.